The molecule has 0 aliphatic rings. The number of aliphatic hydroxyl groups excluding tert-OH is 1. The summed E-state index contributed by atoms with van der Waals surface area (Å²) in [4.78, 5) is 4.01. The van der Waals surface area contributed by atoms with E-state index in [1.54, 1.807) is 0 Å². The zero-order valence-electron chi connectivity index (χ0n) is 13.8. The Bertz CT molecular complexity index is 798. The van der Waals surface area contributed by atoms with Crippen LogP contribution >= 0.6 is 11.6 Å². The maximum atomic E-state index is 13.4. The number of benzene rings is 2. The lowest BCUT2D eigenvalue weighted by molar-refractivity contribution is -0.274. The number of guanidine groups is 1. The topological polar surface area (TPSA) is 79.9 Å². The van der Waals surface area contributed by atoms with Crippen molar-refractivity contribution in [2.45, 2.75) is 19.0 Å². The van der Waals surface area contributed by atoms with Crippen molar-refractivity contribution < 1.29 is 27.4 Å². The van der Waals surface area contributed by atoms with Gasteiger partial charge in [0.15, 0.2) is 5.96 Å². The lowest BCUT2D eigenvalue weighted by Crippen LogP contribution is -2.34. The van der Waals surface area contributed by atoms with Gasteiger partial charge in [-0.1, -0.05) is 29.8 Å². The van der Waals surface area contributed by atoms with Crippen LogP contribution in [0.25, 0.3) is 0 Å². The van der Waals surface area contributed by atoms with Gasteiger partial charge in [0.25, 0.3) is 0 Å². The third-order valence-electron chi connectivity index (χ3n) is 3.39. The van der Waals surface area contributed by atoms with Crippen molar-refractivity contribution in [2.75, 3.05) is 6.54 Å². The molecule has 0 saturated carbocycles. The fourth-order valence-corrected chi connectivity index (χ4v) is 2.19. The highest BCUT2D eigenvalue weighted by atomic mass is 35.5. The average Bonchev–Trinajstić information content (AvgIpc) is 2.60. The number of ether oxygens (including phenoxy) is 1. The van der Waals surface area contributed by atoms with Crippen molar-refractivity contribution in [3.8, 4) is 5.75 Å². The van der Waals surface area contributed by atoms with Gasteiger partial charge in [0.2, 0.25) is 0 Å². The van der Waals surface area contributed by atoms with Gasteiger partial charge in [0.1, 0.15) is 11.6 Å². The number of alkyl halides is 3. The zero-order valence-corrected chi connectivity index (χ0v) is 14.6. The number of hydrogen-bond donors (Lipinski definition) is 3. The Morgan fingerprint density at radius 3 is 2.48 bits per heavy atom. The first-order valence-electron chi connectivity index (χ1n) is 7.65. The molecule has 0 aliphatic carbocycles. The summed E-state index contributed by atoms with van der Waals surface area (Å²) in [7, 11) is 0. The fraction of sp³-hybridized carbons (Fsp3) is 0.235. The monoisotopic (exact) mass is 405 g/mol. The second-order valence-electron chi connectivity index (χ2n) is 5.46. The van der Waals surface area contributed by atoms with Crippen LogP contribution in [-0.4, -0.2) is 24.0 Å². The number of nitrogens with two attached hydrogens (primary N) is 1. The quantitative estimate of drug-likeness (QED) is 0.390. The summed E-state index contributed by atoms with van der Waals surface area (Å²) in [5, 5.41) is 12.6. The highest BCUT2D eigenvalue weighted by Gasteiger charge is 2.30. The number of rotatable bonds is 6. The van der Waals surface area contributed by atoms with Gasteiger partial charge in [-0.3, -0.25) is 0 Å². The molecule has 0 spiro atoms. The standard InChI is InChI=1S/C17H16ClF4N3O2/c18-13-6-3-11(7-14(13)19)15(26)9-25-16(23)24-8-10-1-4-12(5-2-10)27-17(20,21)22/h1-7,15,26H,8-9H2,(H3,23,24,25). The number of hydrogen-bond acceptors (Lipinski definition) is 3. The van der Waals surface area contributed by atoms with Gasteiger partial charge in [-0.2, -0.15) is 0 Å². The van der Waals surface area contributed by atoms with E-state index in [0.717, 1.165) is 6.07 Å². The second-order valence-corrected chi connectivity index (χ2v) is 5.87. The van der Waals surface area contributed by atoms with E-state index in [4.69, 9.17) is 17.3 Å². The Labute approximate surface area is 157 Å². The lowest BCUT2D eigenvalue weighted by atomic mass is 10.1. The molecule has 1 atom stereocenters. The molecule has 5 nitrogen and oxygen atoms in total. The summed E-state index contributed by atoms with van der Waals surface area (Å²) in [6.45, 7) is 0.0889. The maximum absolute atomic E-state index is 13.4. The van der Waals surface area contributed by atoms with Crippen molar-refractivity contribution in [3.05, 3.63) is 64.4 Å². The maximum Gasteiger partial charge on any atom is 0.573 e. The molecule has 0 aliphatic heterocycles. The highest BCUT2D eigenvalue weighted by molar-refractivity contribution is 6.30. The smallest absolute Gasteiger partial charge is 0.406 e. The van der Waals surface area contributed by atoms with Crippen LogP contribution in [0.4, 0.5) is 17.6 Å². The second kappa shape index (κ2) is 8.92. The van der Waals surface area contributed by atoms with E-state index in [1.807, 2.05) is 0 Å². The first kappa shape index (κ1) is 20.8. The van der Waals surface area contributed by atoms with Gasteiger partial charge in [-0.05, 0) is 35.4 Å². The van der Waals surface area contributed by atoms with Crippen LogP contribution in [0.2, 0.25) is 5.02 Å². The minimum Gasteiger partial charge on any atom is -0.406 e. The first-order valence-corrected chi connectivity index (χ1v) is 8.03. The van der Waals surface area contributed by atoms with Gasteiger partial charge in [0, 0.05) is 6.54 Å². The van der Waals surface area contributed by atoms with Crippen LogP contribution in [0.5, 0.6) is 5.75 Å². The Kier molecular flexibility index (Phi) is 6.86. The summed E-state index contributed by atoms with van der Waals surface area (Å²) >= 11 is 5.58. The van der Waals surface area contributed by atoms with Crippen molar-refractivity contribution in [3.63, 3.8) is 0 Å². The third kappa shape index (κ3) is 6.95. The van der Waals surface area contributed by atoms with Crippen molar-refractivity contribution in [2.24, 2.45) is 10.7 Å². The van der Waals surface area contributed by atoms with E-state index in [9.17, 15) is 22.7 Å². The molecule has 2 aromatic rings. The third-order valence-corrected chi connectivity index (χ3v) is 3.70. The minimum atomic E-state index is -4.75. The number of aliphatic imine (C=N–C) groups is 1. The highest BCUT2D eigenvalue weighted by Crippen LogP contribution is 2.23. The molecular formula is C17H16ClF4N3O2. The zero-order chi connectivity index (χ0) is 20.0. The van der Waals surface area contributed by atoms with Crippen molar-refractivity contribution in [1.82, 2.24) is 5.32 Å². The van der Waals surface area contributed by atoms with Crippen LogP contribution in [0, 0.1) is 5.82 Å². The molecule has 0 saturated heterocycles. The van der Waals surface area contributed by atoms with Crippen LogP contribution in [0.3, 0.4) is 0 Å². The molecule has 0 radical (unpaired) electrons. The molecule has 0 fully saturated rings. The van der Waals surface area contributed by atoms with Gasteiger partial charge < -0.3 is 20.9 Å². The van der Waals surface area contributed by atoms with Gasteiger partial charge in [-0.15, -0.1) is 13.2 Å². The minimum absolute atomic E-state index is 0.0131. The molecule has 4 N–H and O–H groups in total. The van der Waals surface area contributed by atoms with E-state index in [1.165, 1.54) is 36.4 Å². The van der Waals surface area contributed by atoms with E-state index in [-0.39, 0.29) is 29.8 Å². The molecule has 0 aromatic heterocycles. The molecular weight excluding hydrogens is 390 g/mol. The van der Waals surface area contributed by atoms with Crippen molar-refractivity contribution >= 4 is 17.6 Å². The molecule has 0 bridgehead atoms. The summed E-state index contributed by atoms with van der Waals surface area (Å²) in [5.41, 5.74) is 6.60. The number of nitrogens with one attached hydrogen (secondary N) is 1. The van der Waals surface area contributed by atoms with Crippen LogP contribution in [0.1, 0.15) is 17.2 Å². The average molecular weight is 406 g/mol. The number of nitrogens with zero attached hydrogens (tertiary/aromatic N) is 1. The summed E-state index contributed by atoms with van der Waals surface area (Å²) in [6, 6.07) is 9.11. The van der Waals surface area contributed by atoms with Crippen LogP contribution in [0.15, 0.2) is 47.5 Å². The molecule has 27 heavy (non-hydrogen) atoms. The number of aliphatic hydroxyl groups is 1. The summed E-state index contributed by atoms with van der Waals surface area (Å²) in [6.07, 6.45) is -5.79. The normalized spacial score (nSPS) is 13.3. The Morgan fingerprint density at radius 1 is 1.22 bits per heavy atom. The largest absolute Gasteiger partial charge is 0.573 e. The van der Waals surface area contributed by atoms with Crippen LogP contribution in [-0.2, 0) is 6.54 Å². The fourth-order valence-electron chi connectivity index (χ4n) is 2.07. The van der Waals surface area contributed by atoms with E-state index >= 15 is 0 Å². The molecule has 1 unspecified atom stereocenters. The molecule has 2 aromatic carbocycles. The number of halogens is 5. The predicted octanol–water partition coefficient (Wildman–Crippen LogP) is 3.52. The van der Waals surface area contributed by atoms with E-state index in [0.29, 0.717) is 11.1 Å². The lowest BCUT2D eigenvalue weighted by Gasteiger charge is -2.13. The van der Waals surface area contributed by atoms with Crippen LogP contribution < -0.4 is 15.8 Å². The molecule has 2 rings (SSSR count). The SMILES string of the molecule is NC(=NCc1ccc(OC(F)(F)F)cc1)NCC(O)c1ccc(Cl)c(F)c1. The van der Waals surface area contributed by atoms with Gasteiger partial charge >= 0.3 is 6.36 Å². The molecule has 0 heterocycles. The Balaban J connectivity index is 1.85. The Hall–Kier alpha value is -2.52. The first-order chi connectivity index (χ1) is 12.6. The summed E-state index contributed by atoms with van der Waals surface area (Å²) in [5.74, 6) is -0.966. The van der Waals surface area contributed by atoms with E-state index in [2.05, 4.69) is 15.0 Å². The molecule has 10 heteroatoms. The van der Waals surface area contributed by atoms with Gasteiger partial charge in [0.05, 0.1) is 17.7 Å². The molecule has 146 valence electrons. The van der Waals surface area contributed by atoms with Gasteiger partial charge in [-0.25, -0.2) is 9.38 Å². The molecule has 0 amide bonds. The van der Waals surface area contributed by atoms with E-state index < -0.39 is 18.3 Å². The predicted molar refractivity (Wildman–Crippen MR) is 92.8 cm³/mol. The Morgan fingerprint density at radius 2 is 1.89 bits per heavy atom. The van der Waals surface area contributed by atoms with Crippen molar-refractivity contribution in [1.29, 1.82) is 0 Å². The summed E-state index contributed by atoms with van der Waals surface area (Å²) < 4.78 is 53.4.